The van der Waals surface area contributed by atoms with E-state index < -0.39 is 23.0 Å². The molecule has 210 valence electrons. The summed E-state index contributed by atoms with van der Waals surface area (Å²) in [6.45, 7) is 5.77. The molecule has 3 amide bonds. The topological polar surface area (TPSA) is 122 Å². The van der Waals surface area contributed by atoms with Gasteiger partial charge in [0, 0.05) is 30.1 Å². The van der Waals surface area contributed by atoms with Crippen LogP contribution in [0.5, 0.6) is 0 Å². The highest BCUT2D eigenvalue weighted by atomic mass is 32.2. The third-order valence-electron chi connectivity index (χ3n) is 7.05. The van der Waals surface area contributed by atoms with Crippen LogP contribution < -0.4 is 10.6 Å². The average molecular weight is 565 g/mol. The molecule has 38 heavy (non-hydrogen) atoms. The van der Waals surface area contributed by atoms with Gasteiger partial charge in [-0.2, -0.15) is 11.8 Å². The molecule has 1 heterocycles. The largest absolute Gasteiger partial charge is 0.348 e. The number of hydrogen-bond donors (Lipinski definition) is 2. The molecule has 3 atom stereocenters. The number of thioether (sulfide) groups is 2. The zero-order valence-electron chi connectivity index (χ0n) is 22.5. The van der Waals surface area contributed by atoms with Gasteiger partial charge in [-0.1, -0.05) is 45.2 Å². The Balaban J connectivity index is 1.65. The van der Waals surface area contributed by atoms with Crippen molar-refractivity contribution in [2.75, 3.05) is 23.1 Å². The fraction of sp³-hybridized carbons (Fsp3) is 0.667. The van der Waals surface area contributed by atoms with Crippen LogP contribution in [0.3, 0.4) is 0 Å². The van der Waals surface area contributed by atoms with E-state index in [2.05, 4.69) is 10.6 Å². The van der Waals surface area contributed by atoms with Gasteiger partial charge < -0.3 is 15.5 Å². The normalized spacial score (nSPS) is 19.7. The molecule has 2 fully saturated rings. The van der Waals surface area contributed by atoms with Crippen molar-refractivity contribution < 1.29 is 19.3 Å². The van der Waals surface area contributed by atoms with E-state index in [4.69, 9.17) is 0 Å². The fourth-order valence-electron chi connectivity index (χ4n) is 4.81. The fourth-order valence-corrected chi connectivity index (χ4v) is 7.27. The summed E-state index contributed by atoms with van der Waals surface area (Å²) in [6, 6.07) is 4.36. The van der Waals surface area contributed by atoms with Crippen molar-refractivity contribution in [2.24, 2.45) is 11.8 Å². The molecular formula is C27H40N4O5S2. The molecule has 1 aromatic carbocycles. The smallest absolute Gasteiger partial charge is 0.269 e. The van der Waals surface area contributed by atoms with Crippen molar-refractivity contribution in [1.29, 1.82) is 0 Å². The van der Waals surface area contributed by atoms with Crippen molar-refractivity contribution in [3.8, 4) is 0 Å². The maximum absolute atomic E-state index is 13.4. The predicted molar refractivity (Wildman–Crippen MR) is 153 cm³/mol. The molecular weight excluding hydrogens is 524 g/mol. The minimum Gasteiger partial charge on any atom is -0.348 e. The third kappa shape index (κ3) is 8.90. The Morgan fingerprint density at radius 2 is 1.79 bits per heavy atom. The predicted octanol–water partition coefficient (Wildman–Crippen LogP) is 4.52. The number of hydrogen-bond acceptors (Lipinski definition) is 7. The second-order valence-electron chi connectivity index (χ2n) is 10.7. The number of non-ortho nitro benzene ring substituents is 1. The maximum atomic E-state index is 13.4. The number of benzene rings is 1. The van der Waals surface area contributed by atoms with Crippen LogP contribution >= 0.6 is 23.5 Å². The van der Waals surface area contributed by atoms with E-state index in [0.717, 1.165) is 11.3 Å². The minimum absolute atomic E-state index is 0.0115. The molecule has 0 radical (unpaired) electrons. The van der Waals surface area contributed by atoms with Gasteiger partial charge in [-0.3, -0.25) is 24.5 Å². The Kier molecular flexibility index (Phi) is 11.8. The van der Waals surface area contributed by atoms with Gasteiger partial charge in [0.2, 0.25) is 17.7 Å². The third-order valence-corrected chi connectivity index (χ3v) is 9.33. The van der Waals surface area contributed by atoms with Crippen molar-refractivity contribution in [2.45, 2.75) is 77.4 Å². The van der Waals surface area contributed by atoms with E-state index in [1.807, 2.05) is 20.8 Å². The van der Waals surface area contributed by atoms with Gasteiger partial charge in [-0.05, 0) is 42.9 Å². The van der Waals surface area contributed by atoms with Crippen LogP contribution in [0.2, 0.25) is 0 Å². The average Bonchev–Trinajstić information content (AvgIpc) is 3.39. The number of nitrogens with zero attached hydrogens (tertiary/aromatic N) is 2. The van der Waals surface area contributed by atoms with Gasteiger partial charge >= 0.3 is 0 Å². The van der Waals surface area contributed by atoms with Crippen LogP contribution in [0.4, 0.5) is 5.69 Å². The number of carbonyl (C=O) groups excluding carboxylic acids is 3. The highest BCUT2D eigenvalue weighted by molar-refractivity contribution is 7.99. The number of nitro groups is 1. The Bertz CT molecular complexity index is 969. The van der Waals surface area contributed by atoms with Gasteiger partial charge in [0.1, 0.15) is 12.1 Å². The minimum atomic E-state index is -0.746. The SMILES string of the molecule is CC(C)CC(=O)N1CSCC1C(=O)NC(CSCC1CCCCC1)C(=O)NC(C)c1ccc([N+](=O)[O-])cc1. The number of amides is 3. The standard InChI is InChI=1S/C27H40N4O5S2/c1-18(2)13-25(32)30-17-38-16-24(30)27(34)29-23(15-37-14-20-7-5-4-6-8-20)26(33)28-19(3)21-9-11-22(12-10-21)31(35)36/h9-12,18-20,23-24H,4-8,13-17H2,1-3H3,(H,28,33)(H,29,34). The first kappa shape index (κ1) is 30.3. The number of nitrogens with one attached hydrogen (secondary N) is 2. The molecule has 1 saturated carbocycles. The molecule has 3 rings (SSSR count). The molecule has 0 aromatic heterocycles. The maximum Gasteiger partial charge on any atom is 0.269 e. The summed E-state index contributed by atoms with van der Waals surface area (Å²) in [5, 5.41) is 16.9. The summed E-state index contributed by atoms with van der Waals surface area (Å²) < 4.78 is 0. The lowest BCUT2D eigenvalue weighted by Crippen LogP contribution is -2.55. The molecule has 2 aliphatic rings. The van der Waals surface area contributed by atoms with Crippen LogP contribution in [0.25, 0.3) is 0 Å². The molecule has 1 saturated heterocycles. The quantitative estimate of drug-likeness (QED) is 0.283. The highest BCUT2D eigenvalue weighted by Crippen LogP contribution is 2.27. The second-order valence-corrected chi connectivity index (χ2v) is 12.7. The summed E-state index contributed by atoms with van der Waals surface area (Å²) in [5.41, 5.74) is 0.726. The van der Waals surface area contributed by atoms with Crippen molar-refractivity contribution in [1.82, 2.24) is 15.5 Å². The Morgan fingerprint density at radius 3 is 2.42 bits per heavy atom. The Labute approximate surface area is 233 Å². The molecule has 0 spiro atoms. The molecule has 1 aliphatic carbocycles. The van der Waals surface area contributed by atoms with Crippen LogP contribution in [-0.4, -0.2) is 62.8 Å². The Hall–Kier alpha value is -2.27. The number of rotatable bonds is 12. The van der Waals surface area contributed by atoms with Gasteiger partial charge in [0.05, 0.1) is 16.8 Å². The summed E-state index contributed by atoms with van der Waals surface area (Å²) in [6.07, 6.45) is 6.59. The lowest BCUT2D eigenvalue weighted by molar-refractivity contribution is -0.384. The molecule has 11 heteroatoms. The first-order chi connectivity index (χ1) is 18.2. The summed E-state index contributed by atoms with van der Waals surface area (Å²) in [5.74, 6) is 2.60. The van der Waals surface area contributed by atoms with Gasteiger partial charge in [-0.15, -0.1) is 11.8 Å². The zero-order valence-corrected chi connectivity index (χ0v) is 24.2. The first-order valence-electron chi connectivity index (χ1n) is 13.5. The van der Waals surface area contributed by atoms with E-state index in [9.17, 15) is 24.5 Å². The zero-order chi connectivity index (χ0) is 27.7. The van der Waals surface area contributed by atoms with E-state index >= 15 is 0 Å². The molecule has 2 N–H and O–H groups in total. The van der Waals surface area contributed by atoms with Crippen molar-refractivity contribution in [3.05, 3.63) is 39.9 Å². The van der Waals surface area contributed by atoms with Crippen molar-refractivity contribution in [3.63, 3.8) is 0 Å². The highest BCUT2D eigenvalue weighted by Gasteiger charge is 2.36. The second kappa shape index (κ2) is 14.8. The van der Waals surface area contributed by atoms with Gasteiger partial charge in [0.15, 0.2) is 0 Å². The summed E-state index contributed by atoms with van der Waals surface area (Å²) >= 11 is 3.24. The summed E-state index contributed by atoms with van der Waals surface area (Å²) in [7, 11) is 0. The molecule has 1 aromatic rings. The molecule has 0 bridgehead atoms. The van der Waals surface area contributed by atoms with E-state index in [1.54, 1.807) is 40.6 Å². The molecule has 9 nitrogen and oxygen atoms in total. The van der Waals surface area contributed by atoms with Crippen molar-refractivity contribution >= 4 is 46.9 Å². The lowest BCUT2D eigenvalue weighted by Gasteiger charge is -2.27. The first-order valence-corrected chi connectivity index (χ1v) is 15.8. The molecule has 1 aliphatic heterocycles. The monoisotopic (exact) mass is 564 g/mol. The Morgan fingerprint density at radius 1 is 1.11 bits per heavy atom. The van der Waals surface area contributed by atoms with Crippen LogP contribution in [-0.2, 0) is 14.4 Å². The van der Waals surface area contributed by atoms with Crippen LogP contribution in [0.1, 0.15) is 70.9 Å². The van der Waals surface area contributed by atoms with Crippen LogP contribution in [0, 0.1) is 22.0 Å². The van der Waals surface area contributed by atoms with Crippen LogP contribution in [0.15, 0.2) is 24.3 Å². The van der Waals surface area contributed by atoms with Gasteiger partial charge in [-0.25, -0.2) is 0 Å². The summed E-state index contributed by atoms with van der Waals surface area (Å²) in [4.78, 5) is 51.5. The van der Waals surface area contributed by atoms with E-state index in [-0.39, 0.29) is 29.3 Å². The number of carbonyl (C=O) groups is 3. The van der Waals surface area contributed by atoms with E-state index in [0.29, 0.717) is 29.7 Å². The molecule has 3 unspecified atom stereocenters. The lowest BCUT2D eigenvalue weighted by atomic mass is 9.91. The number of nitro benzene ring substituents is 1. The van der Waals surface area contributed by atoms with Gasteiger partial charge in [0.25, 0.3) is 5.69 Å². The van der Waals surface area contributed by atoms with E-state index in [1.165, 1.54) is 44.2 Å².